The van der Waals surface area contributed by atoms with Crippen molar-refractivity contribution in [3.8, 4) is 0 Å². The molecule has 0 saturated heterocycles. The summed E-state index contributed by atoms with van der Waals surface area (Å²) in [7, 11) is -3.78. The van der Waals surface area contributed by atoms with Crippen LogP contribution in [0.15, 0.2) is 65.6 Å². The highest BCUT2D eigenvalue weighted by molar-refractivity contribution is 7.89. The summed E-state index contributed by atoms with van der Waals surface area (Å²) in [6.45, 7) is -0.213. The van der Waals surface area contributed by atoms with Crippen LogP contribution in [0.2, 0.25) is 0 Å². The first-order valence-corrected chi connectivity index (χ1v) is 8.83. The first kappa shape index (κ1) is 18.4. The Hall–Kier alpha value is -2.97. The van der Waals surface area contributed by atoms with E-state index < -0.39 is 21.8 Å². The van der Waals surface area contributed by atoms with E-state index in [4.69, 9.17) is 5.14 Å². The van der Waals surface area contributed by atoms with E-state index in [0.717, 1.165) is 5.56 Å². The van der Waals surface area contributed by atoms with Gasteiger partial charge in [0, 0.05) is 11.8 Å². The molecule has 4 N–H and O–H groups in total. The van der Waals surface area contributed by atoms with Crippen LogP contribution in [-0.4, -0.2) is 26.8 Å². The molecule has 2 aromatic carbocycles. The van der Waals surface area contributed by atoms with Gasteiger partial charge in [0.1, 0.15) is 0 Å². The Morgan fingerprint density at radius 1 is 1.00 bits per heavy atom. The zero-order valence-corrected chi connectivity index (χ0v) is 14.0. The Kier molecular flexibility index (Phi) is 6.04. The van der Waals surface area contributed by atoms with Crippen LogP contribution < -0.4 is 15.8 Å². The molecule has 0 aliphatic carbocycles. The molecule has 0 heterocycles. The number of sulfonamides is 1. The summed E-state index contributed by atoms with van der Waals surface area (Å²) in [5.74, 6) is -0.839. The molecule has 0 bridgehead atoms. The molecule has 0 aliphatic rings. The van der Waals surface area contributed by atoms with Gasteiger partial charge in [-0.2, -0.15) is 0 Å². The number of anilines is 1. The summed E-state index contributed by atoms with van der Waals surface area (Å²) in [6.07, 6.45) is 2.97. The number of benzene rings is 2. The number of primary sulfonamides is 1. The minimum absolute atomic E-state index is 0.0511. The third kappa shape index (κ3) is 6.21. The maximum atomic E-state index is 11.8. The van der Waals surface area contributed by atoms with Crippen molar-refractivity contribution >= 4 is 33.6 Å². The van der Waals surface area contributed by atoms with Gasteiger partial charge in [-0.05, 0) is 35.9 Å². The third-order valence-corrected chi connectivity index (χ3v) is 4.05. The molecule has 0 unspecified atom stereocenters. The second-order valence-corrected chi connectivity index (χ2v) is 6.64. The summed E-state index contributed by atoms with van der Waals surface area (Å²) >= 11 is 0. The van der Waals surface area contributed by atoms with Crippen molar-refractivity contribution in [2.24, 2.45) is 5.14 Å². The lowest BCUT2D eigenvalue weighted by Gasteiger charge is -2.06. The van der Waals surface area contributed by atoms with Crippen LogP contribution in [0.4, 0.5) is 5.69 Å². The lowest BCUT2D eigenvalue weighted by molar-refractivity contribution is -0.121. The van der Waals surface area contributed by atoms with Gasteiger partial charge in [0.2, 0.25) is 21.8 Å². The standard InChI is InChI=1S/C17H17N3O4S/c18-25(23,24)15-9-7-14(8-10-15)20-17(22)12-19-16(21)11-6-13-4-2-1-3-5-13/h1-11H,12H2,(H,19,21)(H,20,22)(H2,18,23,24)/b11-6+. The largest absolute Gasteiger partial charge is 0.343 e. The molecule has 25 heavy (non-hydrogen) atoms. The SMILES string of the molecule is NS(=O)(=O)c1ccc(NC(=O)CNC(=O)/C=C/c2ccccc2)cc1. The maximum absolute atomic E-state index is 11.8. The Morgan fingerprint density at radius 2 is 1.64 bits per heavy atom. The van der Waals surface area contributed by atoms with Gasteiger partial charge in [-0.15, -0.1) is 0 Å². The third-order valence-electron chi connectivity index (χ3n) is 3.12. The fourth-order valence-electron chi connectivity index (χ4n) is 1.90. The highest BCUT2D eigenvalue weighted by Crippen LogP contribution is 2.12. The van der Waals surface area contributed by atoms with Crippen LogP contribution in [-0.2, 0) is 19.6 Å². The molecule has 130 valence electrons. The summed E-state index contributed by atoms with van der Waals surface area (Å²) in [5, 5.41) is 9.98. The molecule has 7 nitrogen and oxygen atoms in total. The predicted molar refractivity (Wildman–Crippen MR) is 94.9 cm³/mol. The van der Waals surface area contributed by atoms with Gasteiger partial charge in [0.25, 0.3) is 0 Å². The monoisotopic (exact) mass is 359 g/mol. The van der Waals surface area contributed by atoms with Crippen molar-refractivity contribution in [3.05, 3.63) is 66.2 Å². The van der Waals surface area contributed by atoms with Crippen LogP contribution in [0, 0.1) is 0 Å². The van der Waals surface area contributed by atoms with Crippen LogP contribution in [0.25, 0.3) is 6.08 Å². The zero-order chi connectivity index (χ0) is 18.3. The predicted octanol–water partition coefficient (Wildman–Crippen LogP) is 1.10. The molecule has 0 aromatic heterocycles. The van der Waals surface area contributed by atoms with Crippen LogP contribution in [0.5, 0.6) is 0 Å². The molecule has 0 radical (unpaired) electrons. The fourth-order valence-corrected chi connectivity index (χ4v) is 2.41. The van der Waals surface area contributed by atoms with E-state index in [1.54, 1.807) is 6.08 Å². The second-order valence-electron chi connectivity index (χ2n) is 5.08. The molecule has 2 amide bonds. The number of hydrogen-bond acceptors (Lipinski definition) is 4. The van der Waals surface area contributed by atoms with Crippen LogP contribution in [0.3, 0.4) is 0 Å². The van der Waals surface area contributed by atoms with Crippen molar-refractivity contribution in [1.82, 2.24) is 5.32 Å². The molecule has 2 aromatic rings. The molecule has 0 aliphatic heterocycles. The average Bonchev–Trinajstić information content (AvgIpc) is 2.59. The molecule has 8 heteroatoms. The summed E-state index contributed by atoms with van der Waals surface area (Å²) in [5.41, 5.74) is 1.27. The van der Waals surface area contributed by atoms with Crippen molar-refractivity contribution in [2.45, 2.75) is 4.90 Å². The van der Waals surface area contributed by atoms with E-state index in [-0.39, 0.29) is 11.4 Å². The maximum Gasteiger partial charge on any atom is 0.244 e. The minimum Gasteiger partial charge on any atom is -0.343 e. The van der Waals surface area contributed by atoms with Crippen molar-refractivity contribution in [2.75, 3.05) is 11.9 Å². The highest BCUT2D eigenvalue weighted by Gasteiger charge is 2.08. The molecule has 0 atom stereocenters. The molecule has 0 spiro atoms. The Morgan fingerprint density at radius 3 is 2.24 bits per heavy atom. The normalized spacial score (nSPS) is 11.2. The molecular weight excluding hydrogens is 342 g/mol. The zero-order valence-electron chi connectivity index (χ0n) is 13.2. The number of hydrogen-bond donors (Lipinski definition) is 3. The summed E-state index contributed by atoms with van der Waals surface area (Å²) < 4.78 is 22.3. The quantitative estimate of drug-likeness (QED) is 0.669. The lowest BCUT2D eigenvalue weighted by Crippen LogP contribution is -2.31. The van der Waals surface area contributed by atoms with Gasteiger partial charge in [-0.25, -0.2) is 13.6 Å². The Bertz CT molecular complexity index is 876. The van der Waals surface area contributed by atoms with Gasteiger partial charge in [-0.1, -0.05) is 30.3 Å². The topological polar surface area (TPSA) is 118 Å². The van der Waals surface area contributed by atoms with E-state index in [1.807, 2.05) is 30.3 Å². The number of carbonyl (C=O) groups is 2. The van der Waals surface area contributed by atoms with Crippen molar-refractivity contribution in [3.63, 3.8) is 0 Å². The first-order chi connectivity index (χ1) is 11.8. The smallest absolute Gasteiger partial charge is 0.244 e. The number of nitrogens with one attached hydrogen (secondary N) is 2. The molecule has 0 saturated carbocycles. The van der Waals surface area contributed by atoms with E-state index >= 15 is 0 Å². The summed E-state index contributed by atoms with van der Waals surface area (Å²) in [4.78, 5) is 23.4. The Labute approximate surface area is 145 Å². The molecular formula is C17H17N3O4S. The average molecular weight is 359 g/mol. The van der Waals surface area contributed by atoms with Gasteiger partial charge >= 0.3 is 0 Å². The van der Waals surface area contributed by atoms with Gasteiger partial charge in [0.05, 0.1) is 11.4 Å². The van der Waals surface area contributed by atoms with Crippen LogP contribution in [0.1, 0.15) is 5.56 Å². The van der Waals surface area contributed by atoms with Gasteiger partial charge in [0.15, 0.2) is 0 Å². The van der Waals surface area contributed by atoms with Crippen LogP contribution >= 0.6 is 0 Å². The van der Waals surface area contributed by atoms with E-state index in [0.29, 0.717) is 5.69 Å². The first-order valence-electron chi connectivity index (χ1n) is 7.28. The lowest BCUT2D eigenvalue weighted by atomic mass is 10.2. The van der Waals surface area contributed by atoms with Gasteiger partial charge in [-0.3, -0.25) is 9.59 Å². The Balaban J connectivity index is 1.82. The molecule has 0 fully saturated rings. The molecule has 2 rings (SSSR count). The summed E-state index contributed by atoms with van der Waals surface area (Å²) in [6, 6.07) is 14.7. The minimum atomic E-state index is -3.78. The van der Waals surface area contributed by atoms with E-state index in [2.05, 4.69) is 10.6 Å². The van der Waals surface area contributed by atoms with Gasteiger partial charge < -0.3 is 10.6 Å². The fraction of sp³-hybridized carbons (Fsp3) is 0.0588. The number of amides is 2. The number of nitrogens with two attached hydrogens (primary N) is 1. The van der Waals surface area contributed by atoms with Crippen molar-refractivity contribution in [1.29, 1.82) is 0 Å². The van der Waals surface area contributed by atoms with Crippen molar-refractivity contribution < 1.29 is 18.0 Å². The number of carbonyl (C=O) groups excluding carboxylic acids is 2. The van der Waals surface area contributed by atoms with E-state index in [1.165, 1.54) is 30.3 Å². The second kappa shape index (κ2) is 8.22. The highest BCUT2D eigenvalue weighted by atomic mass is 32.2. The number of rotatable bonds is 6. The van der Waals surface area contributed by atoms with E-state index in [9.17, 15) is 18.0 Å².